The molecule has 6 heteroatoms. The van der Waals surface area contributed by atoms with Gasteiger partial charge in [-0.2, -0.15) is 0 Å². The van der Waals surface area contributed by atoms with Crippen molar-refractivity contribution in [2.24, 2.45) is 0 Å². The number of hydrogen-bond donors (Lipinski definition) is 1. The molecule has 3 heterocycles. The van der Waals surface area contributed by atoms with Gasteiger partial charge in [0.2, 0.25) is 0 Å². The molecule has 4 nitrogen and oxygen atoms in total. The third kappa shape index (κ3) is 2.53. The SMILES string of the molecule is CCc1nc(NCc2nc(C)c(C)s2)c2ccsc2n1. The van der Waals surface area contributed by atoms with Gasteiger partial charge in [0.05, 0.1) is 17.6 Å². The first-order chi connectivity index (χ1) is 9.67. The maximum absolute atomic E-state index is 4.60. The van der Waals surface area contributed by atoms with Crippen molar-refractivity contribution in [3.8, 4) is 0 Å². The van der Waals surface area contributed by atoms with Crippen LogP contribution in [0.2, 0.25) is 0 Å². The Labute approximate surface area is 125 Å². The number of thiophene rings is 1. The van der Waals surface area contributed by atoms with Gasteiger partial charge in [-0.3, -0.25) is 0 Å². The Kier molecular flexibility index (Phi) is 3.67. The number of fused-ring (bicyclic) bond motifs is 1. The summed E-state index contributed by atoms with van der Waals surface area (Å²) in [4.78, 5) is 16.0. The Morgan fingerprint density at radius 3 is 2.75 bits per heavy atom. The fourth-order valence-corrected chi connectivity index (χ4v) is 3.62. The number of aromatic nitrogens is 3. The highest BCUT2D eigenvalue weighted by atomic mass is 32.1. The highest BCUT2D eigenvalue weighted by Gasteiger charge is 2.09. The minimum Gasteiger partial charge on any atom is -0.363 e. The Bertz CT molecular complexity index is 725. The van der Waals surface area contributed by atoms with Crippen molar-refractivity contribution in [1.29, 1.82) is 0 Å². The van der Waals surface area contributed by atoms with Gasteiger partial charge in [0.25, 0.3) is 0 Å². The quantitative estimate of drug-likeness (QED) is 0.793. The van der Waals surface area contributed by atoms with Gasteiger partial charge in [0, 0.05) is 11.3 Å². The third-order valence-electron chi connectivity index (χ3n) is 3.17. The summed E-state index contributed by atoms with van der Waals surface area (Å²) < 4.78 is 0. The summed E-state index contributed by atoms with van der Waals surface area (Å²) in [6.45, 7) is 6.94. The maximum Gasteiger partial charge on any atom is 0.138 e. The normalized spacial score (nSPS) is 11.2. The predicted octanol–water partition coefficient (Wildman–Crippen LogP) is 3.94. The first-order valence-corrected chi connectivity index (χ1v) is 8.28. The molecule has 0 radical (unpaired) electrons. The molecule has 3 aromatic rings. The van der Waals surface area contributed by atoms with E-state index < -0.39 is 0 Å². The van der Waals surface area contributed by atoms with Crippen molar-refractivity contribution in [3.05, 3.63) is 32.8 Å². The molecule has 0 unspecified atom stereocenters. The number of thiazole rings is 1. The van der Waals surface area contributed by atoms with Crippen LogP contribution in [0.4, 0.5) is 5.82 Å². The molecule has 0 bridgehead atoms. The van der Waals surface area contributed by atoms with E-state index in [0.717, 1.165) is 39.0 Å². The van der Waals surface area contributed by atoms with E-state index in [2.05, 4.69) is 45.6 Å². The minimum absolute atomic E-state index is 0.713. The van der Waals surface area contributed by atoms with Crippen molar-refractivity contribution >= 4 is 38.7 Å². The standard InChI is InChI=1S/C14H16N4S2/c1-4-11-17-13(10-5-6-19-14(10)18-11)15-7-12-16-8(2)9(3)20-12/h5-6H,4,7H2,1-3H3,(H,15,17,18). The topological polar surface area (TPSA) is 50.7 Å². The van der Waals surface area contributed by atoms with Crippen LogP contribution in [0.3, 0.4) is 0 Å². The van der Waals surface area contributed by atoms with Gasteiger partial charge in [-0.1, -0.05) is 6.92 Å². The fraction of sp³-hybridized carbons (Fsp3) is 0.357. The molecule has 20 heavy (non-hydrogen) atoms. The summed E-state index contributed by atoms with van der Waals surface area (Å²) in [6.07, 6.45) is 0.845. The highest BCUT2D eigenvalue weighted by molar-refractivity contribution is 7.16. The van der Waals surface area contributed by atoms with Gasteiger partial charge in [-0.25, -0.2) is 15.0 Å². The Morgan fingerprint density at radius 2 is 2.05 bits per heavy atom. The number of hydrogen-bond acceptors (Lipinski definition) is 6. The van der Waals surface area contributed by atoms with Crippen molar-refractivity contribution in [1.82, 2.24) is 15.0 Å². The number of anilines is 1. The van der Waals surface area contributed by atoms with Crippen LogP contribution in [0, 0.1) is 13.8 Å². The molecule has 3 aromatic heterocycles. The van der Waals surface area contributed by atoms with Crippen LogP contribution >= 0.6 is 22.7 Å². The highest BCUT2D eigenvalue weighted by Crippen LogP contribution is 2.26. The van der Waals surface area contributed by atoms with E-state index in [1.165, 1.54) is 4.88 Å². The second-order valence-electron chi connectivity index (χ2n) is 4.58. The van der Waals surface area contributed by atoms with E-state index in [-0.39, 0.29) is 0 Å². The number of aryl methyl sites for hydroxylation is 3. The summed E-state index contributed by atoms with van der Waals surface area (Å²) in [7, 11) is 0. The molecule has 0 fully saturated rings. The van der Waals surface area contributed by atoms with E-state index >= 15 is 0 Å². The van der Waals surface area contributed by atoms with E-state index in [1.54, 1.807) is 22.7 Å². The van der Waals surface area contributed by atoms with Crippen molar-refractivity contribution in [2.45, 2.75) is 33.7 Å². The summed E-state index contributed by atoms with van der Waals surface area (Å²) in [6, 6.07) is 2.07. The second-order valence-corrected chi connectivity index (χ2v) is 6.77. The lowest BCUT2D eigenvalue weighted by Gasteiger charge is -2.06. The van der Waals surface area contributed by atoms with Crippen LogP contribution in [0.25, 0.3) is 10.2 Å². The molecular formula is C14H16N4S2. The number of nitrogens with one attached hydrogen (secondary N) is 1. The molecule has 0 saturated heterocycles. The molecule has 0 spiro atoms. The zero-order chi connectivity index (χ0) is 14.1. The molecule has 1 N–H and O–H groups in total. The van der Waals surface area contributed by atoms with Crippen molar-refractivity contribution in [3.63, 3.8) is 0 Å². The van der Waals surface area contributed by atoms with E-state index in [4.69, 9.17) is 0 Å². The van der Waals surface area contributed by atoms with Crippen LogP contribution in [-0.2, 0) is 13.0 Å². The van der Waals surface area contributed by atoms with Crippen molar-refractivity contribution in [2.75, 3.05) is 5.32 Å². The van der Waals surface area contributed by atoms with E-state index in [0.29, 0.717) is 6.54 Å². The zero-order valence-corrected chi connectivity index (χ0v) is 13.4. The molecule has 0 aromatic carbocycles. The fourth-order valence-electron chi connectivity index (χ4n) is 1.97. The molecule has 3 rings (SSSR count). The lowest BCUT2D eigenvalue weighted by Crippen LogP contribution is -2.04. The van der Waals surface area contributed by atoms with Crippen molar-refractivity contribution < 1.29 is 0 Å². The first-order valence-electron chi connectivity index (χ1n) is 6.58. The minimum atomic E-state index is 0.713. The first kappa shape index (κ1) is 13.5. The Morgan fingerprint density at radius 1 is 1.20 bits per heavy atom. The summed E-state index contributed by atoms with van der Waals surface area (Å²) in [5.41, 5.74) is 1.12. The maximum atomic E-state index is 4.60. The lowest BCUT2D eigenvalue weighted by atomic mass is 10.3. The summed E-state index contributed by atoms with van der Waals surface area (Å²) in [5, 5.41) is 7.66. The molecule has 0 amide bonds. The number of nitrogens with zero attached hydrogens (tertiary/aromatic N) is 3. The van der Waals surface area contributed by atoms with Crippen LogP contribution in [0.15, 0.2) is 11.4 Å². The van der Waals surface area contributed by atoms with Gasteiger partial charge >= 0.3 is 0 Å². The largest absolute Gasteiger partial charge is 0.363 e. The molecule has 104 valence electrons. The average Bonchev–Trinajstić information content (AvgIpc) is 3.03. The summed E-state index contributed by atoms with van der Waals surface area (Å²) in [5.74, 6) is 1.80. The van der Waals surface area contributed by atoms with Crippen LogP contribution in [0.5, 0.6) is 0 Å². The Balaban J connectivity index is 1.88. The van der Waals surface area contributed by atoms with E-state index in [9.17, 15) is 0 Å². The second kappa shape index (κ2) is 5.46. The van der Waals surface area contributed by atoms with Gasteiger partial charge in [-0.15, -0.1) is 22.7 Å². The molecule has 0 atom stereocenters. The monoisotopic (exact) mass is 304 g/mol. The third-order valence-corrected chi connectivity index (χ3v) is 5.05. The van der Waals surface area contributed by atoms with E-state index in [1.807, 2.05) is 6.92 Å². The van der Waals surface area contributed by atoms with Gasteiger partial charge in [0.15, 0.2) is 0 Å². The Hall–Kier alpha value is -1.53. The van der Waals surface area contributed by atoms with Crippen LogP contribution in [-0.4, -0.2) is 15.0 Å². The number of rotatable bonds is 4. The molecule has 0 saturated carbocycles. The lowest BCUT2D eigenvalue weighted by molar-refractivity contribution is 0.954. The molecule has 0 aliphatic heterocycles. The summed E-state index contributed by atoms with van der Waals surface area (Å²) >= 11 is 3.39. The molecule has 0 aliphatic rings. The molecule has 0 aliphatic carbocycles. The predicted molar refractivity (Wildman–Crippen MR) is 85.7 cm³/mol. The molecular weight excluding hydrogens is 288 g/mol. The van der Waals surface area contributed by atoms with Gasteiger partial charge < -0.3 is 5.32 Å². The van der Waals surface area contributed by atoms with Crippen LogP contribution in [0.1, 0.15) is 28.3 Å². The van der Waals surface area contributed by atoms with Gasteiger partial charge in [-0.05, 0) is 25.3 Å². The smallest absolute Gasteiger partial charge is 0.138 e. The average molecular weight is 304 g/mol. The van der Waals surface area contributed by atoms with Crippen LogP contribution < -0.4 is 5.32 Å². The zero-order valence-electron chi connectivity index (χ0n) is 11.7. The van der Waals surface area contributed by atoms with Gasteiger partial charge in [0.1, 0.15) is 21.5 Å².